The van der Waals surface area contributed by atoms with E-state index in [0.717, 1.165) is 11.4 Å². The number of nitrogens with two attached hydrogens (primary N) is 1. The van der Waals surface area contributed by atoms with Crippen molar-refractivity contribution < 1.29 is 4.63 Å². The van der Waals surface area contributed by atoms with Crippen molar-refractivity contribution >= 4 is 39.9 Å². The third-order valence-corrected chi connectivity index (χ3v) is 3.56. The van der Waals surface area contributed by atoms with Crippen molar-refractivity contribution in [2.24, 2.45) is 0 Å². The molecule has 1 heterocycles. The molecule has 3 N–H and O–H groups in total. The van der Waals surface area contributed by atoms with Crippen LogP contribution in [0, 0.1) is 0 Å². The van der Waals surface area contributed by atoms with E-state index in [1.807, 2.05) is 24.5 Å². The Labute approximate surface area is 114 Å². The van der Waals surface area contributed by atoms with Crippen molar-refractivity contribution in [1.29, 1.82) is 0 Å². The number of thioether (sulfide) groups is 1. The van der Waals surface area contributed by atoms with Gasteiger partial charge in [-0.25, -0.2) is 4.63 Å². The summed E-state index contributed by atoms with van der Waals surface area (Å²) < 4.78 is 4.74. The van der Waals surface area contributed by atoms with E-state index in [1.54, 1.807) is 17.8 Å². The van der Waals surface area contributed by atoms with Gasteiger partial charge in [-0.15, -0.1) is 11.8 Å². The van der Waals surface area contributed by atoms with Crippen molar-refractivity contribution in [3.63, 3.8) is 0 Å². The molecule has 5 nitrogen and oxygen atoms in total. The summed E-state index contributed by atoms with van der Waals surface area (Å²) in [5.74, 6) is 0. The first-order valence-electron chi connectivity index (χ1n) is 5.70. The third kappa shape index (κ3) is 2.22. The van der Waals surface area contributed by atoms with Gasteiger partial charge in [0.15, 0.2) is 11.0 Å². The Hall–Kier alpha value is -2.21. The van der Waals surface area contributed by atoms with E-state index < -0.39 is 0 Å². The summed E-state index contributed by atoms with van der Waals surface area (Å²) in [5, 5.41) is 11.0. The second kappa shape index (κ2) is 4.81. The molecule has 0 saturated carbocycles. The maximum absolute atomic E-state index is 5.81. The van der Waals surface area contributed by atoms with E-state index >= 15 is 0 Å². The highest BCUT2D eigenvalue weighted by atomic mass is 32.2. The molecule has 1 aromatic heterocycles. The van der Waals surface area contributed by atoms with Crippen LogP contribution in [-0.4, -0.2) is 16.6 Å². The van der Waals surface area contributed by atoms with Gasteiger partial charge < -0.3 is 11.1 Å². The molecule has 3 aromatic rings. The van der Waals surface area contributed by atoms with Gasteiger partial charge >= 0.3 is 0 Å². The van der Waals surface area contributed by atoms with E-state index in [9.17, 15) is 0 Å². The number of hydrogen-bond donors (Lipinski definition) is 2. The fourth-order valence-corrected chi connectivity index (χ4v) is 2.22. The monoisotopic (exact) mass is 272 g/mol. The van der Waals surface area contributed by atoms with Crippen molar-refractivity contribution in [2.75, 3.05) is 17.3 Å². The summed E-state index contributed by atoms with van der Waals surface area (Å²) in [5.41, 5.74) is 9.37. The summed E-state index contributed by atoms with van der Waals surface area (Å²) in [6.07, 6.45) is 2.05. The molecule has 0 radical (unpaired) electrons. The van der Waals surface area contributed by atoms with E-state index in [4.69, 9.17) is 10.4 Å². The quantitative estimate of drug-likeness (QED) is 0.563. The molecular weight excluding hydrogens is 260 g/mol. The van der Waals surface area contributed by atoms with Gasteiger partial charge in [0.25, 0.3) is 0 Å². The summed E-state index contributed by atoms with van der Waals surface area (Å²) in [4.78, 5) is 1.22. The summed E-state index contributed by atoms with van der Waals surface area (Å²) in [7, 11) is 0. The molecule has 0 bridgehead atoms. The smallest absolute Gasteiger partial charge is 0.160 e. The number of anilines is 3. The normalized spacial score (nSPS) is 10.8. The van der Waals surface area contributed by atoms with Gasteiger partial charge in [0.2, 0.25) is 0 Å². The van der Waals surface area contributed by atoms with Crippen LogP contribution >= 0.6 is 11.8 Å². The minimum atomic E-state index is 0.555. The molecule has 0 aliphatic rings. The van der Waals surface area contributed by atoms with Crippen molar-refractivity contribution in [1.82, 2.24) is 10.3 Å². The lowest BCUT2D eigenvalue weighted by Crippen LogP contribution is -1.94. The number of benzene rings is 2. The minimum absolute atomic E-state index is 0.555. The van der Waals surface area contributed by atoms with Crippen molar-refractivity contribution in [2.45, 2.75) is 4.90 Å². The summed E-state index contributed by atoms with van der Waals surface area (Å²) in [6.45, 7) is 0. The van der Waals surface area contributed by atoms with E-state index in [2.05, 4.69) is 27.8 Å². The molecule has 0 saturated heterocycles. The van der Waals surface area contributed by atoms with Gasteiger partial charge in [-0.3, -0.25) is 0 Å². The second-order valence-corrected chi connectivity index (χ2v) is 4.90. The van der Waals surface area contributed by atoms with Crippen LogP contribution in [0.2, 0.25) is 0 Å². The number of rotatable bonds is 3. The summed E-state index contributed by atoms with van der Waals surface area (Å²) in [6, 6.07) is 11.8. The number of aromatic nitrogens is 2. The molecule has 0 atom stereocenters. The van der Waals surface area contributed by atoms with Crippen LogP contribution in [0.25, 0.3) is 11.0 Å². The molecule has 0 unspecified atom stereocenters. The molecule has 0 aliphatic carbocycles. The first kappa shape index (κ1) is 11.9. The Morgan fingerprint density at radius 1 is 1.05 bits per heavy atom. The van der Waals surface area contributed by atoms with Crippen LogP contribution in [0.5, 0.6) is 0 Å². The Morgan fingerprint density at radius 2 is 1.79 bits per heavy atom. The average Bonchev–Trinajstić information content (AvgIpc) is 2.93. The molecule has 19 heavy (non-hydrogen) atoms. The molecule has 0 fully saturated rings. The molecule has 0 aliphatic heterocycles. The molecule has 0 amide bonds. The van der Waals surface area contributed by atoms with E-state index in [0.29, 0.717) is 16.7 Å². The predicted octanol–water partition coefficient (Wildman–Crippen LogP) is 3.27. The van der Waals surface area contributed by atoms with Gasteiger partial charge in [-0.2, -0.15) is 0 Å². The zero-order chi connectivity index (χ0) is 13.2. The van der Waals surface area contributed by atoms with Gasteiger partial charge in [-0.1, -0.05) is 0 Å². The Kier molecular flexibility index (Phi) is 3.00. The van der Waals surface area contributed by atoms with Gasteiger partial charge in [0.05, 0.1) is 11.4 Å². The number of nitrogens with zero attached hydrogens (tertiary/aromatic N) is 2. The second-order valence-electron chi connectivity index (χ2n) is 4.02. The minimum Gasteiger partial charge on any atom is -0.397 e. The van der Waals surface area contributed by atoms with Crippen LogP contribution in [0.3, 0.4) is 0 Å². The maximum atomic E-state index is 5.81. The fourth-order valence-electron chi connectivity index (χ4n) is 1.82. The number of fused-ring (bicyclic) bond motifs is 1. The fraction of sp³-hybridized carbons (Fsp3) is 0.0769. The SMILES string of the molecule is CSc1ccc(Nc2ccc(N)c3nonc23)cc1. The topological polar surface area (TPSA) is 77.0 Å². The average molecular weight is 272 g/mol. The lowest BCUT2D eigenvalue weighted by Gasteiger charge is -2.07. The number of hydrogen-bond acceptors (Lipinski definition) is 6. The van der Waals surface area contributed by atoms with E-state index in [-0.39, 0.29) is 0 Å². The Balaban J connectivity index is 1.96. The molecule has 6 heteroatoms. The predicted molar refractivity (Wildman–Crippen MR) is 77.7 cm³/mol. The van der Waals surface area contributed by atoms with Crippen LogP contribution in [-0.2, 0) is 0 Å². The molecule has 96 valence electrons. The largest absolute Gasteiger partial charge is 0.397 e. The first-order valence-corrected chi connectivity index (χ1v) is 6.92. The lowest BCUT2D eigenvalue weighted by atomic mass is 10.2. The third-order valence-electron chi connectivity index (χ3n) is 2.82. The first-order chi connectivity index (χ1) is 9.28. The Morgan fingerprint density at radius 3 is 2.53 bits per heavy atom. The number of nitrogen functional groups attached to an aromatic ring is 1. The zero-order valence-electron chi connectivity index (χ0n) is 10.3. The van der Waals surface area contributed by atoms with Gasteiger partial charge in [-0.05, 0) is 53.0 Å². The Bertz CT molecular complexity index is 708. The molecule has 2 aromatic carbocycles. The molecular formula is C13H12N4OS. The molecule has 3 rings (SSSR count). The van der Waals surface area contributed by atoms with Crippen LogP contribution < -0.4 is 11.1 Å². The van der Waals surface area contributed by atoms with Crippen LogP contribution in [0.15, 0.2) is 45.9 Å². The van der Waals surface area contributed by atoms with Gasteiger partial charge in [0.1, 0.15) is 0 Å². The lowest BCUT2D eigenvalue weighted by molar-refractivity contribution is 0.316. The maximum Gasteiger partial charge on any atom is 0.160 e. The van der Waals surface area contributed by atoms with Crippen LogP contribution in [0.4, 0.5) is 17.1 Å². The molecule has 0 spiro atoms. The highest BCUT2D eigenvalue weighted by Crippen LogP contribution is 2.28. The van der Waals surface area contributed by atoms with Crippen molar-refractivity contribution in [3.8, 4) is 0 Å². The van der Waals surface area contributed by atoms with Crippen LogP contribution in [0.1, 0.15) is 0 Å². The number of nitrogens with one attached hydrogen (secondary N) is 1. The zero-order valence-corrected chi connectivity index (χ0v) is 11.1. The highest BCUT2D eigenvalue weighted by molar-refractivity contribution is 7.98. The van der Waals surface area contributed by atoms with E-state index in [1.165, 1.54) is 4.90 Å². The standard InChI is InChI=1S/C13H12N4OS/c1-19-9-4-2-8(3-5-9)15-11-7-6-10(14)12-13(11)17-18-16-12/h2-7,15H,14H2,1H3. The summed E-state index contributed by atoms with van der Waals surface area (Å²) >= 11 is 1.71. The van der Waals surface area contributed by atoms with Crippen molar-refractivity contribution in [3.05, 3.63) is 36.4 Å². The highest BCUT2D eigenvalue weighted by Gasteiger charge is 2.09. The van der Waals surface area contributed by atoms with Gasteiger partial charge in [0, 0.05) is 10.6 Å².